The predicted molar refractivity (Wildman–Crippen MR) is 83.0 cm³/mol. The standard InChI is InChI=1S/C14H21N3OS/c1-10-9-19-7-6-17(10)13-8-11(4-5-12(13)15)14(18)16(2)3/h4-5,8,10H,6-7,9,15H2,1-3H3. The Morgan fingerprint density at radius 3 is 2.84 bits per heavy atom. The summed E-state index contributed by atoms with van der Waals surface area (Å²) in [5.41, 5.74) is 8.51. The Morgan fingerprint density at radius 2 is 2.21 bits per heavy atom. The van der Waals surface area contributed by atoms with Gasteiger partial charge in [0.25, 0.3) is 5.91 Å². The van der Waals surface area contributed by atoms with E-state index in [1.165, 1.54) is 0 Å². The maximum atomic E-state index is 12.0. The first kappa shape index (κ1) is 14.1. The molecule has 1 saturated heterocycles. The van der Waals surface area contributed by atoms with E-state index >= 15 is 0 Å². The zero-order valence-corrected chi connectivity index (χ0v) is 12.5. The summed E-state index contributed by atoms with van der Waals surface area (Å²) >= 11 is 1.97. The fourth-order valence-electron chi connectivity index (χ4n) is 2.27. The molecule has 5 heteroatoms. The van der Waals surface area contributed by atoms with Gasteiger partial charge in [-0.3, -0.25) is 4.79 Å². The van der Waals surface area contributed by atoms with Gasteiger partial charge in [0.2, 0.25) is 0 Å². The van der Waals surface area contributed by atoms with Crippen LogP contribution in [0.4, 0.5) is 11.4 Å². The number of rotatable bonds is 2. The van der Waals surface area contributed by atoms with Gasteiger partial charge in [-0.05, 0) is 25.1 Å². The summed E-state index contributed by atoms with van der Waals surface area (Å²) < 4.78 is 0. The van der Waals surface area contributed by atoms with Crippen LogP contribution in [-0.2, 0) is 0 Å². The molecule has 0 aliphatic carbocycles. The number of carbonyl (C=O) groups excluding carboxylic acids is 1. The van der Waals surface area contributed by atoms with E-state index in [1.54, 1.807) is 25.1 Å². The number of benzene rings is 1. The van der Waals surface area contributed by atoms with Crippen molar-refractivity contribution in [3.63, 3.8) is 0 Å². The zero-order valence-electron chi connectivity index (χ0n) is 11.7. The molecule has 2 rings (SSSR count). The summed E-state index contributed by atoms with van der Waals surface area (Å²) in [5.74, 6) is 2.22. The first-order valence-corrected chi connectivity index (χ1v) is 7.61. The van der Waals surface area contributed by atoms with Crippen molar-refractivity contribution in [3.8, 4) is 0 Å². The van der Waals surface area contributed by atoms with Crippen LogP contribution in [0.1, 0.15) is 17.3 Å². The number of nitrogen functional groups attached to an aromatic ring is 1. The van der Waals surface area contributed by atoms with Crippen LogP contribution in [0.15, 0.2) is 18.2 Å². The first-order chi connectivity index (χ1) is 9.00. The van der Waals surface area contributed by atoms with Gasteiger partial charge in [-0.15, -0.1) is 0 Å². The number of hydrogen-bond donors (Lipinski definition) is 1. The zero-order chi connectivity index (χ0) is 14.0. The van der Waals surface area contributed by atoms with Crippen LogP contribution in [0.5, 0.6) is 0 Å². The molecule has 2 N–H and O–H groups in total. The molecule has 1 heterocycles. The van der Waals surface area contributed by atoms with Gasteiger partial charge in [-0.2, -0.15) is 11.8 Å². The van der Waals surface area contributed by atoms with E-state index < -0.39 is 0 Å². The van der Waals surface area contributed by atoms with Gasteiger partial charge in [-0.1, -0.05) is 0 Å². The topological polar surface area (TPSA) is 49.6 Å². The van der Waals surface area contributed by atoms with Crippen molar-refractivity contribution < 1.29 is 4.79 Å². The molecule has 4 nitrogen and oxygen atoms in total. The number of amides is 1. The average molecular weight is 279 g/mol. The molecule has 1 aliphatic rings. The van der Waals surface area contributed by atoms with Crippen molar-refractivity contribution in [1.82, 2.24) is 4.90 Å². The third-order valence-corrected chi connectivity index (χ3v) is 4.55. The fourth-order valence-corrected chi connectivity index (χ4v) is 3.28. The van der Waals surface area contributed by atoms with Crippen molar-refractivity contribution >= 4 is 29.0 Å². The molecule has 0 radical (unpaired) electrons. The van der Waals surface area contributed by atoms with E-state index in [1.807, 2.05) is 23.9 Å². The minimum Gasteiger partial charge on any atom is -0.397 e. The number of thioether (sulfide) groups is 1. The lowest BCUT2D eigenvalue weighted by atomic mass is 10.1. The normalized spacial score (nSPS) is 19.3. The Balaban J connectivity index is 2.34. The quantitative estimate of drug-likeness (QED) is 0.840. The largest absolute Gasteiger partial charge is 0.397 e. The summed E-state index contributed by atoms with van der Waals surface area (Å²) in [7, 11) is 3.52. The molecule has 1 aliphatic heterocycles. The average Bonchev–Trinajstić information content (AvgIpc) is 2.39. The highest BCUT2D eigenvalue weighted by molar-refractivity contribution is 7.99. The Labute approximate surface area is 118 Å². The molecule has 0 saturated carbocycles. The maximum Gasteiger partial charge on any atom is 0.253 e. The fraction of sp³-hybridized carbons (Fsp3) is 0.500. The van der Waals surface area contributed by atoms with Crippen LogP contribution in [0.25, 0.3) is 0 Å². The summed E-state index contributed by atoms with van der Waals surface area (Å²) in [5, 5.41) is 0. The molecule has 19 heavy (non-hydrogen) atoms. The molecule has 0 bridgehead atoms. The predicted octanol–water partition coefficient (Wildman–Crippen LogP) is 1.91. The van der Waals surface area contributed by atoms with E-state index in [2.05, 4.69) is 11.8 Å². The van der Waals surface area contributed by atoms with Crippen LogP contribution in [0, 0.1) is 0 Å². The van der Waals surface area contributed by atoms with E-state index in [9.17, 15) is 4.79 Å². The van der Waals surface area contributed by atoms with E-state index in [0.717, 1.165) is 29.4 Å². The smallest absolute Gasteiger partial charge is 0.253 e. The highest BCUT2D eigenvalue weighted by Crippen LogP contribution is 2.30. The van der Waals surface area contributed by atoms with Crippen molar-refractivity contribution in [2.24, 2.45) is 0 Å². The third-order valence-electron chi connectivity index (χ3n) is 3.36. The highest BCUT2D eigenvalue weighted by atomic mass is 32.2. The highest BCUT2D eigenvalue weighted by Gasteiger charge is 2.22. The molecular formula is C14H21N3OS. The molecule has 104 valence electrons. The molecule has 1 fully saturated rings. The molecule has 0 aromatic heterocycles. The van der Waals surface area contributed by atoms with Crippen LogP contribution < -0.4 is 10.6 Å². The second-order valence-corrected chi connectivity index (χ2v) is 6.24. The lowest BCUT2D eigenvalue weighted by molar-refractivity contribution is 0.0827. The number of hydrogen-bond acceptors (Lipinski definition) is 4. The van der Waals surface area contributed by atoms with Crippen molar-refractivity contribution in [2.75, 3.05) is 42.8 Å². The van der Waals surface area contributed by atoms with Gasteiger partial charge in [0, 0.05) is 43.8 Å². The Kier molecular flexibility index (Phi) is 4.24. The summed E-state index contributed by atoms with van der Waals surface area (Å²) in [4.78, 5) is 15.9. The first-order valence-electron chi connectivity index (χ1n) is 6.46. The monoisotopic (exact) mass is 279 g/mol. The number of nitrogens with zero attached hydrogens (tertiary/aromatic N) is 2. The second-order valence-electron chi connectivity index (χ2n) is 5.09. The van der Waals surface area contributed by atoms with Crippen LogP contribution >= 0.6 is 11.8 Å². The van der Waals surface area contributed by atoms with Gasteiger partial charge in [-0.25, -0.2) is 0 Å². The van der Waals surface area contributed by atoms with Crippen molar-refractivity contribution in [2.45, 2.75) is 13.0 Å². The second kappa shape index (κ2) is 5.74. The molecule has 1 aromatic carbocycles. The van der Waals surface area contributed by atoms with Gasteiger partial charge in [0.1, 0.15) is 0 Å². The Hall–Kier alpha value is -1.36. The number of carbonyl (C=O) groups is 1. The molecule has 1 amide bonds. The lowest BCUT2D eigenvalue weighted by Crippen LogP contribution is -2.40. The number of anilines is 2. The van der Waals surface area contributed by atoms with E-state index in [4.69, 9.17) is 5.73 Å². The van der Waals surface area contributed by atoms with Crippen molar-refractivity contribution in [1.29, 1.82) is 0 Å². The maximum absolute atomic E-state index is 12.0. The number of nitrogens with two attached hydrogens (primary N) is 1. The molecule has 1 unspecified atom stereocenters. The molecule has 1 aromatic rings. The van der Waals surface area contributed by atoms with Crippen LogP contribution in [0.3, 0.4) is 0 Å². The van der Waals surface area contributed by atoms with Gasteiger partial charge in [0.05, 0.1) is 11.4 Å². The van der Waals surface area contributed by atoms with Gasteiger partial charge in [0.15, 0.2) is 0 Å². The van der Waals surface area contributed by atoms with Gasteiger partial charge >= 0.3 is 0 Å². The van der Waals surface area contributed by atoms with Crippen molar-refractivity contribution in [3.05, 3.63) is 23.8 Å². The molecule has 0 spiro atoms. The van der Waals surface area contributed by atoms with E-state index in [0.29, 0.717) is 11.6 Å². The molecular weight excluding hydrogens is 258 g/mol. The summed E-state index contributed by atoms with van der Waals surface area (Å²) in [6, 6.07) is 6.00. The third kappa shape index (κ3) is 2.97. The Bertz CT molecular complexity index is 476. The van der Waals surface area contributed by atoms with Gasteiger partial charge < -0.3 is 15.5 Å². The Morgan fingerprint density at radius 1 is 1.47 bits per heavy atom. The molecule has 1 atom stereocenters. The SMILES string of the molecule is CC1CSCCN1c1cc(C(=O)N(C)C)ccc1N. The minimum atomic E-state index is 0.0142. The van der Waals surface area contributed by atoms with Crippen LogP contribution in [0.2, 0.25) is 0 Å². The summed E-state index contributed by atoms with van der Waals surface area (Å²) in [6.07, 6.45) is 0. The minimum absolute atomic E-state index is 0.0142. The summed E-state index contributed by atoms with van der Waals surface area (Å²) in [6.45, 7) is 3.18. The lowest BCUT2D eigenvalue weighted by Gasteiger charge is -2.36. The van der Waals surface area contributed by atoms with Crippen LogP contribution in [-0.4, -0.2) is 49.0 Å². The van der Waals surface area contributed by atoms with E-state index in [-0.39, 0.29) is 5.91 Å².